The van der Waals surface area contributed by atoms with Gasteiger partial charge in [-0.2, -0.15) is 5.10 Å². The van der Waals surface area contributed by atoms with E-state index in [0.29, 0.717) is 45.9 Å². The van der Waals surface area contributed by atoms with Crippen LogP contribution in [0.15, 0.2) is 49.1 Å². The highest BCUT2D eigenvalue weighted by molar-refractivity contribution is 6.34. The molecule has 35 heavy (non-hydrogen) atoms. The number of aromatic nitrogens is 7. The number of hydrogen-bond acceptors (Lipinski definition) is 9. The van der Waals surface area contributed by atoms with Gasteiger partial charge in [0.2, 0.25) is 5.65 Å². The van der Waals surface area contributed by atoms with Gasteiger partial charge in [-0.25, -0.2) is 9.97 Å². The number of H-pyrrole nitrogens is 1. The molecular weight excluding hydrogens is 470 g/mol. The van der Waals surface area contributed by atoms with Crippen molar-refractivity contribution in [2.24, 2.45) is 0 Å². The minimum absolute atomic E-state index is 0.470. The Morgan fingerprint density at radius 1 is 1.14 bits per heavy atom. The number of nitrogens with zero attached hydrogens (tertiary/aromatic N) is 7. The summed E-state index contributed by atoms with van der Waals surface area (Å²) in [6, 6.07) is 11.4. The van der Waals surface area contributed by atoms with Gasteiger partial charge in [-0.3, -0.25) is 14.4 Å². The predicted molar refractivity (Wildman–Crippen MR) is 131 cm³/mol. The molecule has 1 aliphatic heterocycles. The summed E-state index contributed by atoms with van der Waals surface area (Å²) in [6.07, 6.45) is 3.12. The van der Waals surface area contributed by atoms with Gasteiger partial charge < -0.3 is 14.8 Å². The zero-order valence-corrected chi connectivity index (χ0v) is 19.4. The summed E-state index contributed by atoms with van der Waals surface area (Å²) in [7, 11) is 0. The maximum Gasteiger partial charge on any atom is 0.204 e. The molecule has 0 spiro atoms. The van der Waals surface area contributed by atoms with Crippen molar-refractivity contribution in [1.82, 2.24) is 39.7 Å². The van der Waals surface area contributed by atoms with E-state index in [-0.39, 0.29) is 0 Å². The Morgan fingerprint density at radius 2 is 2.03 bits per heavy atom. The van der Waals surface area contributed by atoms with Gasteiger partial charge in [0.1, 0.15) is 35.6 Å². The zero-order chi connectivity index (χ0) is 23.6. The molecule has 1 saturated heterocycles. The van der Waals surface area contributed by atoms with Crippen LogP contribution in [0.1, 0.15) is 0 Å². The van der Waals surface area contributed by atoms with E-state index in [1.165, 1.54) is 6.33 Å². The molecule has 0 atom stereocenters. The third-order valence-electron chi connectivity index (χ3n) is 5.91. The van der Waals surface area contributed by atoms with Crippen molar-refractivity contribution in [3.05, 3.63) is 54.1 Å². The molecule has 1 fully saturated rings. The number of halogens is 1. The summed E-state index contributed by atoms with van der Waals surface area (Å²) < 4.78 is 13.3. The van der Waals surface area contributed by atoms with Gasteiger partial charge in [0.05, 0.1) is 24.4 Å². The lowest BCUT2D eigenvalue weighted by atomic mass is 10.1. The average Bonchev–Trinajstić information content (AvgIpc) is 3.60. The fourth-order valence-electron chi connectivity index (χ4n) is 4.14. The van der Waals surface area contributed by atoms with Crippen molar-refractivity contribution in [2.75, 3.05) is 44.8 Å². The first-order valence-corrected chi connectivity index (χ1v) is 11.6. The maximum atomic E-state index is 6.72. The van der Waals surface area contributed by atoms with E-state index in [9.17, 15) is 0 Å². The Hall–Kier alpha value is -3.80. The van der Waals surface area contributed by atoms with Gasteiger partial charge in [-0.15, -0.1) is 10.2 Å². The van der Waals surface area contributed by atoms with Gasteiger partial charge in [0.15, 0.2) is 11.6 Å². The van der Waals surface area contributed by atoms with Crippen LogP contribution >= 0.6 is 11.6 Å². The molecule has 11 nitrogen and oxygen atoms in total. The molecule has 4 heterocycles. The van der Waals surface area contributed by atoms with Crippen molar-refractivity contribution in [3.63, 3.8) is 0 Å². The smallest absolute Gasteiger partial charge is 0.204 e. The van der Waals surface area contributed by atoms with Crippen molar-refractivity contribution in [3.8, 4) is 17.1 Å². The number of aromatic amines is 1. The van der Waals surface area contributed by atoms with Crippen LogP contribution in [0.5, 0.6) is 5.75 Å². The zero-order valence-electron chi connectivity index (χ0n) is 18.7. The summed E-state index contributed by atoms with van der Waals surface area (Å²) >= 11 is 6.72. The summed E-state index contributed by atoms with van der Waals surface area (Å²) in [5, 5.41) is 19.0. The number of benzene rings is 2. The van der Waals surface area contributed by atoms with Crippen LogP contribution in [-0.2, 0) is 4.74 Å². The van der Waals surface area contributed by atoms with Crippen LogP contribution in [0.25, 0.3) is 28.1 Å². The van der Waals surface area contributed by atoms with Gasteiger partial charge >= 0.3 is 0 Å². The minimum Gasteiger partial charge on any atom is -0.491 e. The Balaban J connectivity index is 1.31. The van der Waals surface area contributed by atoms with Crippen LogP contribution in [0.3, 0.4) is 0 Å². The quantitative estimate of drug-likeness (QED) is 0.354. The monoisotopic (exact) mass is 491 g/mol. The number of hydrogen-bond donors (Lipinski definition) is 2. The fourth-order valence-corrected chi connectivity index (χ4v) is 4.37. The van der Waals surface area contributed by atoms with Gasteiger partial charge in [-0.1, -0.05) is 23.7 Å². The highest BCUT2D eigenvalue weighted by Crippen LogP contribution is 2.35. The minimum atomic E-state index is 0.470. The van der Waals surface area contributed by atoms with Crippen LogP contribution in [0.2, 0.25) is 5.02 Å². The number of morpholine rings is 1. The van der Waals surface area contributed by atoms with E-state index in [0.717, 1.165) is 43.9 Å². The Kier molecular flexibility index (Phi) is 5.86. The van der Waals surface area contributed by atoms with Crippen LogP contribution in [-0.4, -0.2) is 79.1 Å². The lowest BCUT2D eigenvalue weighted by Crippen LogP contribution is -2.38. The van der Waals surface area contributed by atoms with E-state index < -0.39 is 0 Å². The molecule has 12 heteroatoms. The van der Waals surface area contributed by atoms with Crippen molar-refractivity contribution >= 4 is 39.8 Å². The number of fused-ring (bicyclic) bond motifs is 3. The van der Waals surface area contributed by atoms with Gasteiger partial charge in [-0.05, 0) is 24.3 Å². The third-order valence-corrected chi connectivity index (χ3v) is 6.30. The van der Waals surface area contributed by atoms with Crippen LogP contribution in [0, 0.1) is 0 Å². The molecule has 0 radical (unpaired) electrons. The molecule has 2 aromatic carbocycles. The Bertz CT molecular complexity index is 1470. The summed E-state index contributed by atoms with van der Waals surface area (Å²) in [6.45, 7) is 4.69. The number of ether oxygens (including phenoxy) is 2. The number of rotatable bonds is 7. The molecule has 0 aliphatic carbocycles. The van der Waals surface area contributed by atoms with Crippen molar-refractivity contribution in [1.29, 1.82) is 0 Å². The average molecular weight is 492 g/mol. The van der Waals surface area contributed by atoms with E-state index in [1.807, 2.05) is 40.8 Å². The lowest BCUT2D eigenvalue weighted by molar-refractivity contribution is 0.0322. The molecule has 0 bridgehead atoms. The predicted octanol–water partition coefficient (Wildman–Crippen LogP) is 3.17. The molecule has 0 saturated carbocycles. The SMILES string of the molecule is Clc1c(Nc2nc3c(-c4ncn[nH]4)cccc3n3cnnc23)cccc1OCCN1CCOCC1. The fraction of sp³-hybridized carbons (Fsp3) is 0.261. The summed E-state index contributed by atoms with van der Waals surface area (Å²) in [5.74, 6) is 1.73. The highest BCUT2D eigenvalue weighted by atomic mass is 35.5. The second kappa shape index (κ2) is 9.45. The van der Waals surface area contributed by atoms with Crippen LogP contribution < -0.4 is 10.1 Å². The van der Waals surface area contributed by atoms with Gasteiger partial charge in [0, 0.05) is 25.2 Å². The van der Waals surface area contributed by atoms with E-state index in [1.54, 1.807) is 6.33 Å². The first kappa shape index (κ1) is 21.7. The van der Waals surface area contributed by atoms with E-state index >= 15 is 0 Å². The second-order valence-corrected chi connectivity index (χ2v) is 8.42. The highest BCUT2D eigenvalue weighted by Gasteiger charge is 2.17. The molecule has 5 aromatic rings. The van der Waals surface area contributed by atoms with E-state index in [2.05, 4.69) is 35.6 Å². The molecular formula is C23H22ClN9O2. The first-order chi connectivity index (χ1) is 17.3. The number of para-hydroxylation sites is 1. The molecule has 3 aromatic heterocycles. The molecule has 1 aliphatic rings. The Labute approximate surface area is 205 Å². The van der Waals surface area contributed by atoms with Crippen LogP contribution in [0.4, 0.5) is 11.5 Å². The lowest BCUT2D eigenvalue weighted by Gasteiger charge is -2.26. The summed E-state index contributed by atoms with van der Waals surface area (Å²) in [4.78, 5) is 11.5. The van der Waals surface area contributed by atoms with E-state index in [4.69, 9.17) is 26.1 Å². The molecule has 0 unspecified atom stereocenters. The molecule has 178 valence electrons. The normalized spacial score (nSPS) is 14.5. The second-order valence-electron chi connectivity index (χ2n) is 8.04. The molecule has 2 N–H and O–H groups in total. The topological polar surface area (TPSA) is 118 Å². The first-order valence-electron chi connectivity index (χ1n) is 11.2. The molecule has 6 rings (SSSR count). The Morgan fingerprint density at radius 3 is 2.89 bits per heavy atom. The standard InChI is InChI=1S/C23H22ClN9O2/c24-19-16(4-2-6-18(19)35-12-9-32-7-10-34-11-8-32)28-22-23-31-27-14-33(23)17-5-1-3-15(20(17)29-22)21-25-13-26-30-21/h1-6,13-14H,7-12H2,(H,28,29)(H,25,26,30). The maximum absolute atomic E-state index is 6.72. The number of anilines is 2. The largest absolute Gasteiger partial charge is 0.491 e. The third kappa shape index (κ3) is 4.25. The molecule has 0 amide bonds. The van der Waals surface area contributed by atoms with Crippen molar-refractivity contribution in [2.45, 2.75) is 0 Å². The summed E-state index contributed by atoms with van der Waals surface area (Å²) in [5.41, 5.74) is 3.60. The van der Waals surface area contributed by atoms with Crippen molar-refractivity contribution < 1.29 is 9.47 Å². The van der Waals surface area contributed by atoms with Gasteiger partial charge in [0.25, 0.3) is 0 Å². The number of nitrogens with one attached hydrogen (secondary N) is 2.